The van der Waals surface area contributed by atoms with Gasteiger partial charge in [0.1, 0.15) is 9.84 Å². The number of rotatable bonds is 8. The molecule has 0 unspecified atom stereocenters. The first kappa shape index (κ1) is 17.0. The fraction of sp³-hybridized carbons (Fsp3) is 0.600. The van der Waals surface area contributed by atoms with Crippen LogP contribution < -0.4 is 10.6 Å². The zero-order valence-electron chi connectivity index (χ0n) is 12.7. The molecule has 2 N–H and O–H groups in total. The minimum atomic E-state index is -2.88. The fourth-order valence-electron chi connectivity index (χ4n) is 2.11. The number of nitrogens with zero attached hydrogens (tertiary/aromatic N) is 1. The molecule has 1 rings (SSSR count). The van der Waals surface area contributed by atoms with Crippen molar-refractivity contribution in [2.75, 3.05) is 23.0 Å². The van der Waals surface area contributed by atoms with E-state index in [2.05, 4.69) is 30.9 Å². The first-order valence-electron chi connectivity index (χ1n) is 7.15. The standard InChI is InChI=1S/C15H26N2O2S/c1-4-20(18,19)11-5-10-17(13(2)3)15-8-6-14(12-16)7-9-15/h6-9,13H,4-5,10-12,16H2,1-3H3. The average molecular weight is 298 g/mol. The van der Waals surface area contributed by atoms with Crippen LogP contribution in [0.25, 0.3) is 0 Å². The van der Waals surface area contributed by atoms with Crippen LogP contribution >= 0.6 is 0 Å². The van der Waals surface area contributed by atoms with E-state index in [0.29, 0.717) is 19.0 Å². The summed E-state index contributed by atoms with van der Waals surface area (Å²) in [6.45, 7) is 7.22. The molecule has 20 heavy (non-hydrogen) atoms. The van der Waals surface area contributed by atoms with E-state index in [-0.39, 0.29) is 11.5 Å². The second kappa shape index (κ2) is 7.64. The van der Waals surface area contributed by atoms with Gasteiger partial charge in [0.2, 0.25) is 0 Å². The van der Waals surface area contributed by atoms with Crippen molar-refractivity contribution < 1.29 is 8.42 Å². The molecule has 0 heterocycles. The van der Waals surface area contributed by atoms with E-state index >= 15 is 0 Å². The van der Waals surface area contributed by atoms with E-state index in [0.717, 1.165) is 17.8 Å². The van der Waals surface area contributed by atoms with Crippen LogP contribution in [0.3, 0.4) is 0 Å². The first-order valence-corrected chi connectivity index (χ1v) is 8.98. The lowest BCUT2D eigenvalue weighted by Crippen LogP contribution is -2.32. The van der Waals surface area contributed by atoms with Gasteiger partial charge in [-0.3, -0.25) is 0 Å². The molecule has 0 spiro atoms. The van der Waals surface area contributed by atoms with Crippen molar-refractivity contribution in [2.24, 2.45) is 5.73 Å². The van der Waals surface area contributed by atoms with Gasteiger partial charge in [-0.05, 0) is 38.0 Å². The molecule has 0 aliphatic rings. The predicted octanol–water partition coefficient (Wildman–Crippen LogP) is 2.18. The molecule has 4 nitrogen and oxygen atoms in total. The molecule has 1 aromatic carbocycles. The Morgan fingerprint density at radius 3 is 2.25 bits per heavy atom. The zero-order chi connectivity index (χ0) is 15.2. The molecule has 0 amide bonds. The molecule has 5 heteroatoms. The minimum Gasteiger partial charge on any atom is -0.369 e. The summed E-state index contributed by atoms with van der Waals surface area (Å²) in [6, 6.07) is 8.48. The highest BCUT2D eigenvalue weighted by Gasteiger charge is 2.13. The predicted molar refractivity (Wildman–Crippen MR) is 85.8 cm³/mol. The number of sulfone groups is 1. The van der Waals surface area contributed by atoms with Crippen molar-refractivity contribution in [3.63, 3.8) is 0 Å². The number of nitrogens with two attached hydrogens (primary N) is 1. The highest BCUT2D eigenvalue weighted by atomic mass is 32.2. The molecule has 0 saturated carbocycles. The maximum Gasteiger partial charge on any atom is 0.150 e. The molecule has 0 radical (unpaired) electrons. The van der Waals surface area contributed by atoms with Gasteiger partial charge in [0.15, 0.2) is 0 Å². The largest absolute Gasteiger partial charge is 0.369 e. The third-order valence-electron chi connectivity index (χ3n) is 3.42. The Hall–Kier alpha value is -1.07. The zero-order valence-corrected chi connectivity index (χ0v) is 13.5. The lowest BCUT2D eigenvalue weighted by atomic mass is 10.1. The third kappa shape index (κ3) is 5.13. The van der Waals surface area contributed by atoms with Gasteiger partial charge >= 0.3 is 0 Å². The Labute approximate surface area is 122 Å². The maximum atomic E-state index is 11.5. The summed E-state index contributed by atoms with van der Waals surface area (Å²) < 4.78 is 23.1. The highest BCUT2D eigenvalue weighted by molar-refractivity contribution is 7.91. The van der Waals surface area contributed by atoms with Crippen LogP contribution in [0.15, 0.2) is 24.3 Å². The van der Waals surface area contributed by atoms with Crippen LogP contribution in [0.4, 0.5) is 5.69 Å². The SMILES string of the molecule is CCS(=O)(=O)CCCN(c1ccc(CN)cc1)C(C)C. The van der Waals surface area contributed by atoms with Crippen molar-refractivity contribution in [3.05, 3.63) is 29.8 Å². The summed E-state index contributed by atoms with van der Waals surface area (Å²) in [7, 11) is -2.88. The van der Waals surface area contributed by atoms with Gasteiger partial charge in [-0.25, -0.2) is 8.42 Å². The maximum absolute atomic E-state index is 11.5. The lowest BCUT2D eigenvalue weighted by molar-refractivity contribution is 0.591. The van der Waals surface area contributed by atoms with Crippen molar-refractivity contribution in [3.8, 4) is 0 Å². The smallest absolute Gasteiger partial charge is 0.150 e. The summed E-state index contributed by atoms with van der Waals surface area (Å²) in [4.78, 5) is 2.23. The summed E-state index contributed by atoms with van der Waals surface area (Å²) in [5, 5.41) is 0. The van der Waals surface area contributed by atoms with Gasteiger partial charge in [-0.2, -0.15) is 0 Å². The van der Waals surface area contributed by atoms with Crippen molar-refractivity contribution in [2.45, 2.75) is 39.8 Å². The van der Waals surface area contributed by atoms with Crippen LogP contribution in [-0.2, 0) is 16.4 Å². The summed E-state index contributed by atoms with van der Waals surface area (Å²) >= 11 is 0. The van der Waals surface area contributed by atoms with E-state index in [1.165, 1.54) is 0 Å². The Bertz CT molecular complexity index is 495. The second-order valence-corrected chi connectivity index (χ2v) is 7.72. The molecule has 0 atom stereocenters. The monoisotopic (exact) mass is 298 g/mol. The van der Waals surface area contributed by atoms with Crippen LogP contribution in [0.1, 0.15) is 32.8 Å². The van der Waals surface area contributed by atoms with Crippen LogP contribution in [0.2, 0.25) is 0 Å². The van der Waals surface area contributed by atoms with E-state index in [1.807, 2.05) is 12.1 Å². The van der Waals surface area contributed by atoms with Crippen molar-refractivity contribution in [1.82, 2.24) is 0 Å². The van der Waals surface area contributed by atoms with Gasteiger partial charge in [0.05, 0.1) is 5.75 Å². The summed E-state index contributed by atoms with van der Waals surface area (Å²) in [5.74, 6) is 0.480. The molecule has 0 aromatic heterocycles. The van der Waals surface area contributed by atoms with E-state index in [4.69, 9.17) is 5.73 Å². The Kier molecular flexibility index (Phi) is 6.49. The van der Waals surface area contributed by atoms with Crippen LogP contribution in [0.5, 0.6) is 0 Å². The van der Waals surface area contributed by atoms with E-state index in [1.54, 1.807) is 6.92 Å². The molecule has 114 valence electrons. The number of hydrogen-bond donors (Lipinski definition) is 1. The first-order chi connectivity index (χ1) is 9.39. The molecule has 0 bridgehead atoms. The molecule has 1 aromatic rings. The van der Waals surface area contributed by atoms with Crippen LogP contribution in [-0.4, -0.2) is 32.5 Å². The normalized spacial score (nSPS) is 11.8. The summed E-state index contributed by atoms with van der Waals surface area (Å²) in [6.07, 6.45) is 0.660. The van der Waals surface area contributed by atoms with Gasteiger partial charge in [-0.1, -0.05) is 19.1 Å². The quantitative estimate of drug-likeness (QED) is 0.799. The average Bonchev–Trinajstić information content (AvgIpc) is 2.43. The van der Waals surface area contributed by atoms with E-state index in [9.17, 15) is 8.42 Å². The molecule has 0 saturated heterocycles. The second-order valence-electron chi connectivity index (χ2n) is 5.25. The summed E-state index contributed by atoms with van der Waals surface area (Å²) in [5.41, 5.74) is 7.82. The lowest BCUT2D eigenvalue weighted by Gasteiger charge is -2.29. The van der Waals surface area contributed by atoms with E-state index < -0.39 is 9.84 Å². The minimum absolute atomic E-state index is 0.222. The molecular formula is C15H26N2O2S. The van der Waals surface area contributed by atoms with Gasteiger partial charge < -0.3 is 10.6 Å². The molecule has 0 aliphatic heterocycles. The van der Waals surface area contributed by atoms with Gasteiger partial charge in [-0.15, -0.1) is 0 Å². The third-order valence-corrected chi connectivity index (χ3v) is 5.21. The molecule has 0 aliphatic carbocycles. The van der Waals surface area contributed by atoms with Crippen molar-refractivity contribution in [1.29, 1.82) is 0 Å². The fourth-order valence-corrected chi connectivity index (χ4v) is 2.97. The number of hydrogen-bond acceptors (Lipinski definition) is 4. The highest BCUT2D eigenvalue weighted by Crippen LogP contribution is 2.18. The Morgan fingerprint density at radius 1 is 1.20 bits per heavy atom. The van der Waals surface area contributed by atoms with Gasteiger partial charge in [0.25, 0.3) is 0 Å². The molecular weight excluding hydrogens is 272 g/mol. The number of anilines is 1. The van der Waals surface area contributed by atoms with Gasteiger partial charge in [0, 0.05) is 30.6 Å². The van der Waals surface area contributed by atoms with Crippen molar-refractivity contribution >= 4 is 15.5 Å². The number of benzene rings is 1. The molecule has 0 fully saturated rings. The Balaban J connectivity index is 2.69. The topological polar surface area (TPSA) is 63.4 Å². The van der Waals surface area contributed by atoms with Crippen LogP contribution in [0, 0.1) is 0 Å². The Morgan fingerprint density at radius 2 is 1.80 bits per heavy atom.